The fourth-order valence-corrected chi connectivity index (χ4v) is 1.57. The zero-order chi connectivity index (χ0) is 13.8. The van der Waals surface area contributed by atoms with Crippen LogP contribution >= 0.6 is 116 Å². The van der Waals surface area contributed by atoms with Gasteiger partial charge < -0.3 is 0 Å². The Morgan fingerprint density at radius 3 is 1.06 bits per heavy atom. The number of hydrogen-bond donors (Lipinski definition) is 0. The standard InChI is InChI=1S/2C3H3Cl5/c1-2(4,5)3(6,7)8;4-2(5)1-3(6,7)8/h1H3;2H,1H2. The second-order valence-electron chi connectivity index (χ2n) is 2.60. The van der Waals surface area contributed by atoms with E-state index in [2.05, 4.69) is 0 Å². The number of hydrogen-bond acceptors (Lipinski definition) is 0. The minimum absolute atomic E-state index is 0.154. The first kappa shape index (κ1) is 21.2. The molecule has 0 radical (unpaired) electrons. The van der Waals surface area contributed by atoms with Crippen LogP contribution in [0.2, 0.25) is 0 Å². The SMILES string of the molecule is CC(Cl)(Cl)C(Cl)(Cl)Cl.ClC(Cl)CC(Cl)(Cl)Cl. The molecule has 0 nitrogen and oxygen atoms in total. The first-order valence-corrected chi connectivity index (χ1v) is 7.36. The molecule has 0 aliphatic heterocycles. The summed E-state index contributed by atoms with van der Waals surface area (Å²) in [7, 11) is 0. The third-order valence-electron chi connectivity index (χ3n) is 0.884. The summed E-state index contributed by atoms with van der Waals surface area (Å²) < 4.78 is -4.26. The lowest BCUT2D eigenvalue weighted by Crippen LogP contribution is -2.26. The Bertz CT molecular complexity index is 169. The molecule has 0 aliphatic carbocycles. The van der Waals surface area contributed by atoms with Crippen LogP contribution in [0, 0.1) is 0 Å². The van der Waals surface area contributed by atoms with E-state index in [-0.39, 0.29) is 6.42 Å². The Kier molecular flexibility index (Phi) is 10.9. The summed E-state index contributed by atoms with van der Waals surface area (Å²) in [5.74, 6) is 0. The summed E-state index contributed by atoms with van der Waals surface area (Å²) in [6, 6.07) is 0. The van der Waals surface area contributed by atoms with Gasteiger partial charge in [0.1, 0.15) is 4.84 Å². The average Bonchev–Trinajstić information content (AvgIpc) is 1.74. The second-order valence-corrected chi connectivity index (χ2v) is 10.4. The molecule has 100 valence electrons. The molecule has 0 aromatic carbocycles. The fourth-order valence-electron chi connectivity index (χ4n) is 0.175. The molecule has 0 spiro atoms. The molecule has 0 aromatic heterocycles. The Morgan fingerprint density at radius 2 is 1.06 bits per heavy atom. The Balaban J connectivity index is 0. The van der Waals surface area contributed by atoms with E-state index >= 15 is 0 Å². The molecule has 10 heteroatoms. The van der Waals surface area contributed by atoms with E-state index < -0.39 is 16.8 Å². The summed E-state index contributed by atoms with van der Waals surface area (Å²) in [5.41, 5.74) is 0. The first-order chi connectivity index (χ1) is 6.67. The Hall–Kier alpha value is 2.90. The van der Waals surface area contributed by atoms with Crippen LogP contribution in [0.4, 0.5) is 0 Å². The van der Waals surface area contributed by atoms with Crippen molar-refractivity contribution in [1.29, 1.82) is 0 Å². The highest BCUT2D eigenvalue weighted by Gasteiger charge is 2.41. The van der Waals surface area contributed by atoms with Gasteiger partial charge in [0, 0.05) is 6.42 Å². The van der Waals surface area contributed by atoms with Gasteiger partial charge in [-0.25, -0.2) is 0 Å². The van der Waals surface area contributed by atoms with E-state index in [1.54, 1.807) is 0 Å². The molecule has 0 saturated heterocycles. The molecule has 0 atom stereocenters. The first-order valence-electron chi connectivity index (χ1n) is 3.46. The maximum Gasteiger partial charge on any atom is 0.222 e. The third-order valence-corrected chi connectivity index (χ3v) is 3.94. The lowest BCUT2D eigenvalue weighted by molar-refractivity contribution is 0.895. The van der Waals surface area contributed by atoms with Crippen LogP contribution in [0.25, 0.3) is 0 Å². The minimum atomic E-state index is -1.61. The summed E-state index contributed by atoms with van der Waals surface area (Å²) in [6.07, 6.45) is 0.154. The van der Waals surface area contributed by atoms with Crippen LogP contribution in [0.15, 0.2) is 0 Å². The van der Waals surface area contributed by atoms with Gasteiger partial charge in [0.15, 0.2) is 8.13 Å². The van der Waals surface area contributed by atoms with Gasteiger partial charge in [0.25, 0.3) is 0 Å². The van der Waals surface area contributed by atoms with Gasteiger partial charge >= 0.3 is 0 Å². The number of rotatable bonds is 1. The zero-order valence-corrected chi connectivity index (χ0v) is 15.1. The predicted octanol–water partition coefficient (Wildman–Crippen LogP) is 7.10. The van der Waals surface area contributed by atoms with Crippen LogP contribution in [0.5, 0.6) is 0 Å². The highest BCUT2D eigenvalue weighted by molar-refractivity contribution is 6.75. The van der Waals surface area contributed by atoms with E-state index in [1.807, 2.05) is 0 Å². The summed E-state index contributed by atoms with van der Waals surface area (Å²) in [4.78, 5) is -0.609. The van der Waals surface area contributed by atoms with Crippen LogP contribution in [-0.2, 0) is 0 Å². The van der Waals surface area contributed by atoms with Gasteiger partial charge in [-0.15, -0.1) is 23.2 Å². The van der Waals surface area contributed by atoms with E-state index in [0.29, 0.717) is 0 Å². The lowest BCUT2D eigenvalue weighted by Gasteiger charge is -2.21. The van der Waals surface area contributed by atoms with Crippen molar-refractivity contribution in [2.75, 3.05) is 0 Å². The molecule has 0 rings (SSSR count). The van der Waals surface area contributed by atoms with Crippen molar-refractivity contribution < 1.29 is 0 Å². The molecule has 0 N–H and O–H groups in total. The average molecular weight is 433 g/mol. The number of halogens is 10. The zero-order valence-electron chi connectivity index (χ0n) is 7.56. The highest BCUT2D eigenvalue weighted by atomic mass is 35.6. The molecule has 0 saturated carbocycles. The Labute approximate surface area is 145 Å². The molecule has 0 unspecified atom stereocenters. The van der Waals surface area contributed by atoms with Crippen molar-refractivity contribution in [3.8, 4) is 0 Å². The van der Waals surface area contributed by atoms with Crippen LogP contribution in [0.1, 0.15) is 13.3 Å². The molecule has 0 bridgehead atoms. The van der Waals surface area contributed by atoms with Gasteiger partial charge in [0.2, 0.25) is 3.79 Å². The normalized spacial score (nSPS) is 13.5. The quantitative estimate of drug-likeness (QED) is 0.388. The predicted molar refractivity (Wildman–Crippen MR) is 80.8 cm³/mol. The van der Waals surface area contributed by atoms with Crippen molar-refractivity contribution in [3.05, 3.63) is 0 Å². The van der Waals surface area contributed by atoms with Gasteiger partial charge in [-0.2, -0.15) is 0 Å². The summed E-state index contributed by atoms with van der Waals surface area (Å²) in [6.45, 7) is 1.41. The van der Waals surface area contributed by atoms with E-state index in [9.17, 15) is 0 Å². The molecule has 0 fully saturated rings. The molecular formula is C6H6Cl10. The topological polar surface area (TPSA) is 0 Å². The van der Waals surface area contributed by atoms with Crippen molar-refractivity contribution in [3.63, 3.8) is 0 Å². The van der Waals surface area contributed by atoms with Crippen molar-refractivity contribution >= 4 is 116 Å². The van der Waals surface area contributed by atoms with Crippen LogP contribution < -0.4 is 0 Å². The minimum Gasteiger partial charge on any atom is -0.105 e. The highest BCUT2D eigenvalue weighted by Crippen LogP contribution is 2.45. The lowest BCUT2D eigenvalue weighted by atomic mass is 10.5. The molecule has 16 heavy (non-hydrogen) atoms. The van der Waals surface area contributed by atoms with Crippen molar-refractivity contribution in [1.82, 2.24) is 0 Å². The largest absolute Gasteiger partial charge is 0.222 e. The maximum absolute atomic E-state index is 5.38. The number of alkyl halides is 10. The summed E-state index contributed by atoms with van der Waals surface area (Å²) >= 11 is 53.0. The molecule has 0 aliphatic rings. The summed E-state index contributed by atoms with van der Waals surface area (Å²) in [5, 5.41) is 0. The maximum atomic E-state index is 5.38. The molecule has 0 heterocycles. The van der Waals surface area contributed by atoms with Gasteiger partial charge in [-0.1, -0.05) is 92.8 Å². The Morgan fingerprint density at radius 1 is 0.812 bits per heavy atom. The van der Waals surface area contributed by atoms with Crippen molar-refractivity contribution in [2.24, 2.45) is 0 Å². The van der Waals surface area contributed by atoms with Crippen LogP contribution in [0.3, 0.4) is 0 Å². The van der Waals surface area contributed by atoms with E-state index in [1.165, 1.54) is 6.92 Å². The smallest absolute Gasteiger partial charge is 0.105 e. The molecular weight excluding hydrogens is 427 g/mol. The molecule has 0 aromatic rings. The second kappa shape index (κ2) is 8.25. The van der Waals surface area contributed by atoms with Crippen LogP contribution in [-0.4, -0.2) is 16.8 Å². The van der Waals surface area contributed by atoms with Gasteiger partial charge in [-0.3, -0.25) is 0 Å². The monoisotopic (exact) mass is 428 g/mol. The third kappa shape index (κ3) is 15.0. The van der Waals surface area contributed by atoms with Gasteiger partial charge in [-0.05, 0) is 6.92 Å². The van der Waals surface area contributed by atoms with E-state index in [4.69, 9.17) is 116 Å². The fraction of sp³-hybridized carbons (Fsp3) is 1.00. The van der Waals surface area contributed by atoms with Gasteiger partial charge in [0.05, 0.1) is 0 Å². The van der Waals surface area contributed by atoms with E-state index in [0.717, 1.165) is 0 Å². The molecule has 0 amide bonds. The van der Waals surface area contributed by atoms with Crippen molar-refractivity contribution in [2.45, 2.75) is 30.1 Å².